The van der Waals surface area contributed by atoms with Crippen LogP contribution in [0.4, 0.5) is 11.4 Å². The number of nitrogens with one attached hydrogen (secondary N) is 2. The fourth-order valence-electron chi connectivity index (χ4n) is 3.09. The van der Waals surface area contributed by atoms with E-state index in [-0.39, 0.29) is 11.8 Å². The second-order valence-corrected chi connectivity index (χ2v) is 8.02. The summed E-state index contributed by atoms with van der Waals surface area (Å²) in [6.45, 7) is 0. The van der Waals surface area contributed by atoms with Crippen LogP contribution in [0.15, 0.2) is 90.3 Å². The molecule has 0 atom stereocenters. The molecule has 0 spiro atoms. The second kappa shape index (κ2) is 10.5. The molecule has 0 unspecified atom stereocenters. The van der Waals surface area contributed by atoms with Gasteiger partial charge in [0.25, 0.3) is 11.8 Å². The van der Waals surface area contributed by atoms with Gasteiger partial charge in [-0.05, 0) is 72.1 Å². The highest BCUT2D eigenvalue weighted by atomic mass is 32.1. The normalized spacial score (nSPS) is 10.3. The maximum absolute atomic E-state index is 12.5. The Morgan fingerprint density at radius 3 is 2.03 bits per heavy atom. The third-order valence-corrected chi connectivity index (χ3v) is 5.67. The number of benzene rings is 3. The van der Waals surface area contributed by atoms with E-state index in [4.69, 9.17) is 9.47 Å². The number of hydrogen-bond donors (Lipinski definition) is 2. The van der Waals surface area contributed by atoms with Crippen molar-refractivity contribution in [3.8, 4) is 11.5 Å². The van der Waals surface area contributed by atoms with Gasteiger partial charge < -0.3 is 20.1 Å². The molecule has 0 aliphatic rings. The van der Waals surface area contributed by atoms with Crippen molar-refractivity contribution in [3.63, 3.8) is 0 Å². The molecule has 34 heavy (non-hydrogen) atoms. The van der Waals surface area contributed by atoms with E-state index in [9.17, 15) is 14.4 Å². The van der Waals surface area contributed by atoms with E-state index in [1.807, 2.05) is 5.38 Å². The van der Waals surface area contributed by atoms with Crippen molar-refractivity contribution in [2.45, 2.75) is 0 Å². The van der Waals surface area contributed by atoms with Crippen LogP contribution >= 0.6 is 11.3 Å². The molecule has 1 heterocycles. The van der Waals surface area contributed by atoms with Crippen molar-refractivity contribution < 1.29 is 23.9 Å². The van der Waals surface area contributed by atoms with Gasteiger partial charge in [0.05, 0.1) is 23.1 Å². The number of thiophene rings is 1. The van der Waals surface area contributed by atoms with Crippen LogP contribution in [-0.4, -0.2) is 24.9 Å². The van der Waals surface area contributed by atoms with Crippen LogP contribution in [-0.2, 0) is 0 Å². The van der Waals surface area contributed by atoms with Gasteiger partial charge in [-0.15, -0.1) is 11.3 Å². The third-order valence-electron chi connectivity index (χ3n) is 4.80. The number of amides is 2. The molecule has 0 aliphatic carbocycles. The first-order valence-corrected chi connectivity index (χ1v) is 11.1. The molecule has 4 rings (SSSR count). The Morgan fingerprint density at radius 1 is 0.735 bits per heavy atom. The fraction of sp³-hybridized carbons (Fsp3) is 0.0385. The Hall–Kier alpha value is -4.43. The van der Waals surface area contributed by atoms with Gasteiger partial charge in [0, 0.05) is 11.4 Å². The number of ether oxygens (including phenoxy) is 2. The van der Waals surface area contributed by atoms with E-state index in [1.54, 1.807) is 84.9 Å². The molecule has 3 aromatic carbocycles. The Bertz CT molecular complexity index is 1300. The highest BCUT2D eigenvalue weighted by molar-refractivity contribution is 7.12. The minimum absolute atomic E-state index is 0.205. The van der Waals surface area contributed by atoms with Crippen molar-refractivity contribution in [3.05, 3.63) is 106 Å². The first-order valence-electron chi connectivity index (χ1n) is 10.2. The maximum Gasteiger partial charge on any atom is 0.343 e. The van der Waals surface area contributed by atoms with Crippen molar-refractivity contribution >= 4 is 40.5 Å². The van der Waals surface area contributed by atoms with Gasteiger partial charge in [-0.2, -0.15) is 0 Å². The Morgan fingerprint density at radius 2 is 1.38 bits per heavy atom. The van der Waals surface area contributed by atoms with Crippen molar-refractivity contribution in [1.82, 2.24) is 0 Å². The SMILES string of the molecule is COc1ccccc1C(=O)Nc1ccc(OC(=O)c2ccc(NC(=O)c3cccs3)cc2)cc1. The predicted octanol–water partition coefficient (Wildman–Crippen LogP) is 5.48. The number of anilines is 2. The average Bonchev–Trinajstić information content (AvgIpc) is 3.41. The van der Waals surface area contributed by atoms with Crippen LogP contribution in [0.5, 0.6) is 11.5 Å². The molecular formula is C26H20N2O5S. The molecule has 4 aromatic rings. The summed E-state index contributed by atoms with van der Waals surface area (Å²) in [6.07, 6.45) is 0. The van der Waals surface area contributed by atoms with Crippen LogP contribution in [0.2, 0.25) is 0 Å². The summed E-state index contributed by atoms with van der Waals surface area (Å²) < 4.78 is 10.6. The summed E-state index contributed by atoms with van der Waals surface area (Å²) in [5.74, 6) is -0.253. The monoisotopic (exact) mass is 472 g/mol. The first-order chi connectivity index (χ1) is 16.5. The molecule has 0 radical (unpaired) electrons. The Labute approximate surface area is 200 Å². The standard InChI is InChI=1S/C26H20N2O5S/c1-32-22-6-3-2-5-21(22)24(29)27-19-12-14-20(15-13-19)33-26(31)17-8-10-18(11-9-17)28-25(30)23-7-4-16-34-23/h2-16H,1H3,(H,27,29)(H,28,30). The number of para-hydroxylation sites is 1. The van der Waals surface area contributed by atoms with Crippen molar-refractivity contribution in [1.29, 1.82) is 0 Å². The lowest BCUT2D eigenvalue weighted by Gasteiger charge is -2.10. The summed E-state index contributed by atoms with van der Waals surface area (Å²) in [4.78, 5) is 37.7. The van der Waals surface area contributed by atoms with Crippen molar-refractivity contribution in [2.75, 3.05) is 17.7 Å². The number of hydrogen-bond acceptors (Lipinski definition) is 6. The molecule has 7 nitrogen and oxygen atoms in total. The van der Waals surface area contributed by atoms with Gasteiger partial charge in [-0.3, -0.25) is 9.59 Å². The average molecular weight is 473 g/mol. The summed E-state index contributed by atoms with van der Waals surface area (Å²) >= 11 is 1.35. The Balaban J connectivity index is 1.34. The number of esters is 1. The molecule has 170 valence electrons. The van der Waals surface area contributed by atoms with Crippen LogP contribution in [0.25, 0.3) is 0 Å². The van der Waals surface area contributed by atoms with Gasteiger partial charge in [0.2, 0.25) is 0 Å². The van der Waals surface area contributed by atoms with E-state index in [0.717, 1.165) is 0 Å². The van der Waals surface area contributed by atoms with E-state index in [1.165, 1.54) is 18.4 Å². The minimum Gasteiger partial charge on any atom is -0.496 e. The van der Waals surface area contributed by atoms with Gasteiger partial charge in [-0.25, -0.2) is 4.79 Å². The van der Waals surface area contributed by atoms with Crippen molar-refractivity contribution in [2.24, 2.45) is 0 Å². The highest BCUT2D eigenvalue weighted by Crippen LogP contribution is 2.22. The zero-order valence-electron chi connectivity index (χ0n) is 18.1. The molecule has 0 aliphatic heterocycles. The smallest absolute Gasteiger partial charge is 0.343 e. The summed E-state index contributed by atoms with van der Waals surface area (Å²) in [7, 11) is 1.50. The van der Waals surface area contributed by atoms with E-state index < -0.39 is 5.97 Å². The lowest BCUT2D eigenvalue weighted by atomic mass is 10.2. The Kier molecular flexibility index (Phi) is 7.00. The lowest BCUT2D eigenvalue weighted by molar-refractivity contribution is 0.0734. The van der Waals surface area contributed by atoms with Crippen LogP contribution < -0.4 is 20.1 Å². The summed E-state index contributed by atoms with van der Waals surface area (Å²) in [6, 6.07) is 23.3. The predicted molar refractivity (Wildman–Crippen MR) is 131 cm³/mol. The van der Waals surface area contributed by atoms with E-state index in [0.29, 0.717) is 38.9 Å². The van der Waals surface area contributed by atoms with Crippen LogP contribution in [0.3, 0.4) is 0 Å². The molecule has 0 saturated carbocycles. The maximum atomic E-state index is 12.5. The molecule has 0 bridgehead atoms. The zero-order chi connectivity index (χ0) is 23.9. The van der Waals surface area contributed by atoms with Gasteiger partial charge in [0.15, 0.2) is 0 Å². The molecular weight excluding hydrogens is 452 g/mol. The molecule has 2 N–H and O–H groups in total. The first kappa shape index (κ1) is 22.8. The molecule has 1 aromatic heterocycles. The summed E-state index contributed by atoms with van der Waals surface area (Å²) in [5, 5.41) is 7.39. The van der Waals surface area contributed by atoms with Gasteiger partial charge in [0.1, 0.15) is 11.5 Å². The van der Waals surface area contributed by atoms with Crippen LogP contribution in [0, 0.1) is 0 Å². The number of rotatable bonds is 7. The number of carbonyl (C=O) groups is 3. The molecule has 0 saturated heterocycles. The van der Waals surface area contributed by atoms with E-state index in [2.05, 4.69) is 10.6 Å². The van der Waals surface area contributed by atoms with Gasteiger partial charge in [-0.1, -0.05) is 18.2 Å². The number of methoxy groups -OCH3 is 1. The van der Waals surface area contributed by atoms with Gasteiger partial charge >= 0.3 is 5.97 Å². The number of carbonyl (C=O) groups excluding carboxylic acids is 3. The summed E-state index contributed by atoms with van der Waals surface area (Å²) in [5.41, 5.74) is 1.87. The van der Waals surface area contributed by atoms with E-state index >= 15 is 0 Å². The third kappa shape index (κ3) is 5.48. The fourth-order valence-corrected chi connectivity index (χ4v) is 3.71. The highest BCUT2D eigenvalue weighted by Gasteiger charge is 2.13. The second-order valence-electron chi connectivity index (χ2n) is 7.08. The van der Waals surface area contributed by atoms with Crippen LogP contribution in [0.1, 0.15) is 30.4 Å². The zero-order valence-corrected chi connectivity index (χ0v) is 18.9. The lowest BCUT2D eigenvalue weighted by Crippen LogP contribution is -2.13. The quantitative estimate of drug-likeness (QED) is 0.274. The topological polar surface area (TPSA) is 93.7 Å². The minimum atomic E-state index is -0.540. The largest absolute Gasteiger partial charge is 0.496 e. The molecule has 2 amide bonds. The molecule has 0 fully saturated rings. The molecule has 8 heteroatoms.